The first kappa shape index (κ1) is 40.4. The number of rotatable bonds is 24. The smallest absolute Gasteiger partial charge is 0.313 e. The van der Waals surface area contributed by atoms with Gasteiger partial charge in [0.1, 0.15) is 12.2 Å². The van der Waals surface area contributed by atoms with Crippen LogP contribution in [-0.2, 0) is 9.53 Å². The molecule has 0 aromatic carbocycles. The molecule has 1 aliphatic carbocycles. The molecule has 8 heteroatoms. The van der Waals surface area contributed by atoms with E-state index in [0.29, 0.717) is 12.5 Å². The lowest BCUT2D eigenvalue weighted by molar-refractivity contribution is -0.947. The van der Waals surface area contributed by atoms with Crippen LogP contribution in [0.4, 0.5) is 0 Å². The van der Waals surface area contributed by atoms with Crippen molar-refractivity contribution in [3.63, 3.8) is 0 Å². The number of quaternary nitrogens is 1. The highest BCUT2D eigenvalue weighted by Gasteiger charge is 2.40. The molecule has 1 saturated carbocycles. The van der Waals surface area contributed by atoms with Gasteiger partial charge in [-0.3, -0.25) is 9.28 Å². The number of ether oxygens (including phenoxy) is 2. The maximum Gasteiger partial charge on any atom is 0.313 e. The summed E-state index contributed by atoms with van der Waals surface area (Å²) in [6, 6.07) is 0. The van der Waals surface area contributed by atoms with Crippen LogP contribution >= 0.6 is 11.7 Å². The molecule has 0 N–H and O–H groups in total. The minimum absolute atomic E-state index is 0. The summed E-state index contributed by atoms with van der Waals surface area (Å²) >= 11 is 1.24. The Balaban J connectivity index is 0.00000705. The Kier molecular flexibility index (Phi) is 21.9. The van der Waals surface area contributed by atoms with Gasteiger partial charge in [-0.15, -0.1) is 4.37 Å². The molecule has 3 rings (SSSR count). The lowest BCUT2D eigenvalue weighted by Gasteiger charge is -2.43. The van der Waals surface area contributed by atoms with Crippen LogP contribution in [0.25, 0.3) is 5.57 Å². The van der Waals surface area contributed by atoms with Gasteiger partial charge in [-0.2, -0.15) is 4.37 Å². The summed E-state index contributed by atoms with van der Waals surface area (Å²) in [4.78, 5) is 13.4. The van der Waals surface area contributed by atoms with E-state index in [9.17, 15) is 4.79 Å². The number of likely N-dealkylation sites (N-methyl/N-ethyl adjacent to an activating group) is 1. The molecule has 0 radical (unpaired) electrons. The topological polar surface area (TPSA) is 61.3 Å². The summed E-state index contributed by atoms with van der Waals surface area (Å²) in [5, 5.41) is 0. The van der Waals surface area contributed by atoms with Crippen molar-refractivity contribution < 1.29 is 42.7 Å². The van der Waals surface area contributed by atoms with Gasteiger partial charge in [-0.05, 0) is 25.7 Å². The van der Waals surface area contributed by atoms with Crippen LogP contribution in [0.2, 0.25) is 0 Å². The average Bonchev–Trinajstić information content (AvgIpc) is 3.51. The summed E-state index contributed by atoms with van der Waals surface area (Å²) in [6.07, 6.45) is 31.9. The number of hydrogen-bond donors (Lipinski definition) is 0. The zero-order valence-corrected chi connectivity index (χ0v) is 32.2. The number of carbonyl (C=O) groups is 1. The van der Waals surface area contributed by atoms with Gasteiger partial charge in [0.25, 0.3) is 5.88 Å². The number of aromatic nitrogens is 2. The van der Waals surface area contributed by atoms with E-state index in [2.05, 4.69) is 35.7 Å². The van der Waals surface area contributed by atoms with Crippen LogP contribution in [0.5, 0.6) is 5.88 Å². The van der Waals surface area contributed by atoms with Crippen molar-refractivity contribution in [1.29, 1.82) is 0 Å². The lowest BCUT2D eigenvalue weighted by Crippen LogP contribution is -3.00. The second-order valence-electron chi connectivity index (χ2n) is 14.0. The van der Waals surface area contributed by atoms with E-state index in [1.807, 2.05) is 0 Å². The Hall–Kier alpha value is -0.740. The zero-order valence-electron chi connectivity index (χ0n) is 29.2. The first-order valence-corrected chi connectivity index (χ1v) is 19.5. The highest BCUT2D eigenvalue weighted by Crippen LogP contribution is 2.34. The Morgan fingerprint density at radius 1 is 0.844 bits per heavy atom. The molecule has 2 unspecified atom stereocenters. The van der Waals surface area contributed by atoms with Gasteiger partial charge in [0.2, 0.25) is 6.23 Å². The van der Waals surface area contributed by atoms with Crippen molar-refractivity contribution in [2.75, 3.05) is 26.7 Å². The summed E-state index contributed by atoms with van der Waals surface area (Å²) in [7, 11) is 2.29. The van der Waals surface area contributed by atoms with Crippen LogP contribution in [-0.4, -0.2) is 52.2 Å². The van der Waals surface area contributed by atoms with E-state index < -0.39 is 0 Å². The molecule has 1 aromatic rings. The van der Waals surface area contributed by atoms with Crippen LogP contribution in [0.15, 0.2) is 6.08 Å². The molecule has 6 nitrogen and oxygen atoms in total. The fourth-order valence-electron chi connectivity index (χ4n) is 7.06. The van der Waals surface area contributed by atoms with E-state index >= 15 is 0 Å². The summed E-state index contributed by atoms with van der Waals surface area (Å²) in [6.45, 7) is 7.00. The van der Waals surface area contributed by atoms with Gasteiger partial charge in [0.05, 0.1) is 37.8 Å². The Bertz CT molecular complexity index is 936. The number of halogens is 1. The molecule has 2 aliphatic rings. The third kappa shape index (κ3) is 15.4. The maximum absolute atomic E-state index is 13.4. The van der Waals surface area contributed by atoms with E-state index in [4.69, 9.17) is 9.47 Å². The molecule has 0 amide bonds. The van der Waals surface area contributed by atoms with E-state index in [1.165, 1.54) is 120 Å². The predicted molar refractivity (Wildman–Crippen MR) is 185 cm³/mol. The van der Waals surface area contributed by atoms with Gasteiger partial charge in [-0.25, -0.2) is 0 Å². The van der Waals surface area contributed by atoms with Crippen molar-refractivity contribution in [3.8, 4) is 5.88 Å². The normalized spacial score (nSPS) is 19.5. The molecule has 45 heavy (non-hydrogen) atoms. The molecule has 1 aliphatic heterocycles. The minimum atomic E-state index is -0.106. The van der Waals surface area contributed by atoms with Crippen LogP contribution < -0.4 is 28.7 Å². The lowest BCUT2D eigenvalue weighted by atomic mass is 9.89. The second kappa shape index (κ2) is 24.4. The largest absolute Gasteiger partial charge is 1.00 e. The van der Waals surface area contributed by atoms with Gasteiger partial charge < -0.3 is 33.5 Å². The molecule has 1 fully saturated rings. The SMILES string of the molecule is CCCCCCCCCCCCCCCC(OC(=O)C1CCCCC1)[N+]1(C)CCC=C(c2nsnc2OCCCCCC)C1.[I-]. The average molecular weight is 760 g/mol. The van der Waals surface area contributed by atoms with Gasteiger partial charge in [-0.1, -0.05) is 135 Å². The monoisotopic (exact) mass is 759 g/mol. The third-order valence-electron chi connectivity index (χ3n) is 10.0. The fourth-order valence-corrected chi connectivity index (χ4v) is 7.59. The van der Waals surface area contributed by atoms with Gasteiger partial charge >= 0.3 is 5.97 Å². The van der Waals surface area contributed by atoms with Crippen LogP contribution in [0.3, 0.4) is 0 Å². The Morgan fingerprint density at radius 3 is 2.04 bits per heavy atom. The van der Waals surface area contributed by atoms with Crippen molar-refractivity contribution in [1.82, 2.24) is 8.75 Å². The van der Waals surface area contributed by atoms with Crippen molar-refractivity contribution >= 4 is 23.3 Å². The highest BCUT2D eigenvalue weighted by molar-refractivity contribution is 6.99. The Labute approximate surface area is 297 Å². The summed E-state index contributed by atoms with van der Waals surface area (Å²) in [5.74, 6) is 0.810. The first-order chi connectivity index (χ1) is 21.6. The van der Waals surface area contributed by atoms with E-state index in [-0.39, 0.29) is 42.1 Å². The van der Waals surface area contributed by atoms with Gasteiger partial charge in [0, 0.05) is 18.4 Å². The minimum Gasteiger partial charge on any atom is -1.00 e. The number of esters is 1. The summed E-state index contributed by atoms with van der Waals surface area (Å²) < 4.78 is 22.5. The number of unbranched alkanes of at least 4 members (excludes halogenated alkanes) is 15. The zero-order chi connectivity index (χ0) is 31.3. The molecule has 2 atom stereocenters. The number of nitrogens with zero attached hydrogens (tertiary/aromatic N) is 3. The van der Waals surface area contributed by atoms with Crippen LogP contribution in [0.1, 0.15) is 174 Å². The molecule has 2 heterocycles. The van der Waals surface area contributed by atoms with Crippen molar-refractivity contribution in [2.45, 2.75) is 174 Å². The molecule has 260 valence electrons. The van der Waals surface area contributed by atoms with E-state index in [1.54, 1.807) is 0 Å². The van der Waals surface area contributed by atoms with E-state index in [0.717, 1.165) is 74.6 Å². The molecule has 0 saturated heterocycles. The van der Waals surface area contributed by atoms with Gasteiger partial charge in [0.15, 0.2) is 0 Å². The standard InChI is InChI=1S/C37H66N3O3S.HI/c1-4-6-8-10-11-12-13-14-15-16-17-18-22-28-34(43-37(41)32-25-20-19-21-26-32)40(3)29-24-27-33(31-40)35-36(39-44-38-35)42-30-23-9-7-5-2;/h27,32,34H,4-26,28-31H2,1-3H3;1H/q+1;/p-1. The maximum atomic E-state index is 13.4. The molecule has 0 spiro atoms. The molecule has 0 bridgehead atoms. The predicted octanol–water partition coefficient (Wildman–Crippen LogP) is 7.67. The highest BCUT2D eigenvalue weighted by atomic mass is 127. The third-order valence-corrected chi connectivity index (χ3v) is 10.5. The molecular formula is C37H66IN3O3S. The quantitative estimate of drug-likeness (QED) is 0.0469. The first-order valence-electron chi connectivity index (χ1n) is 18.8. The number of carbonyl (C=O) groups excluding carboxylic acids is 1. The summed E-state index contributed by atoms with van der Waals surface area (Å²) in [5.41, 5.74) is 2.09. The second-order valence-corrected chi connectivity index (χ2v) is 14.5. The fraction of sp³-hybridized carbons (Fsp3) is 0.865. The van der Waals surface area contributed by atoms with Crippen molar-refractivity contribution in [3.05, 3.63) is 11.8 Å². The van der Waals surface area contributed by atoms with Crippen LogP contribution in [0, 0.1) is 5.92 Å². The molecular weight excluding hydrogens is 693 g/mol. The van der Waals surface area contributed by atoms with Crippen molar-refractivity contribution in [2.24, 2.45) is 5.92 Å². The Morgan fingerprint density at radius 2 is 1.42 bits per heavy atom. The molecule has 1 aromatic heterocycles. The number of hydrogen-bond acceptors (Lipinski definition) is 6.